The number of carbonyl (C=O) groups is 3. The molecule has 2 saturated heterocycles. The first-order valence-corrected chi connectivity index (χ1v) is 12.8. The van der Waals surface area contributed by atoms with E-state index in [-0.39, 0.29) is 30.6 Å². The molecule has 4 amide bonds. The molecule has 9 heteroatoms. The molecule has 3 aliphatic heterocycles. The normalized spacial score (nSPS) is 21.3. The highest BCUT2D eigenvalue weighted by atomic mass is 16.8. The van der Waals surface area contributed by atoms with Crippen molar-refractivity contribution in [3.05, 3.63) is 70.9 Å². The highest BCUT2D eigenvalue weighted by Crippen LogP contribution is 2.42. The third-order valence-corrected chi connectivity index (χ3v) is 7.56. The molecule has 0 radical (unpaired) electrons. The Bertz CT molecular complexity index is 1360. The average Bonchev–Trinajstić information content (AvgIpc) is 3.36. The van der Waals surface area contributed by atoms with E-state index in [2.05, 4.69) is 16.1 Å². The van der Waals surface area contributed by atoms with E-state index in [0.29, 0.717) is 26.1 Å². The summed E-state index contributed by atoms with van der Waals surface area (Å²) < 4.78 is 7.74. The molecule has 6 rings (SSSR count). The van der Waals surface area contributed by atoms with Crippen LogP contribution in [0, 0.1) is 0 Å². The molecule has 1 aromatic heterocycles. The van der Waals surface area contributed by atoms with E-state index < -0.39 is 6.04 Å². The third kappa shape index (κ3) is 4.28. The highest BCUT2D eigenvalue weighted by Gasteiger charge is 2.48. The largest absolute Gasteiger partial charge is 0.350 e. The summed E-state index contributed by atoms with van der Waals surface area (Å²) in [5.41, 5.74) is 7.59. The summed E-state index contributed by atoms with van der Waals surface area (Å²) in [5.74, 6) is -0.381. The van der Waals surface area contributed by atoms with Gasteiger partial charge in [-0.25, -0.2) is 15.1 Å². The summed E-state index contributed by atoms with van der Waals surface area (Å²) in [6, 6.07) is 15.3. The molecule has 2 aromatic carbocycles. The second-order valence-electron chi connectivity index (χ2n) is 9.92. The van der Waals surface area contributed by atoms with Gasteiger partial charge in [0, 0.05) is 61.7 Å². The highest BCUT2D eigenvalue weighted by molar-refractivity contribution is 6.07. The average molecular weight is 503 g/mol. The number of para-hydroxylation sites is 1. The van der Waals surface area contributed by atoms with E-state index in [0.717, 1.165) is 52.5 Å². The molecule has 9 nitrogen and oxygen atoms in total. The van der Waals surface area contributed by atoms with Crippen LogP contribution in [0.5, 0.6) is 0 Å². The van der Waals surface area contributed by atoms with Gasteiger partial charge in [0.1, 0.15) is 6.04 Å². The number of rotatable bonds is 6. The Morgan fingerprint density at radius 2 is 1.86 bits per heavy atom. The first-order chi connectivity index (χ1) is 18.0. The number of ether oxygens (including phenoxy) is 1. The van der Waals surface area contributed by atoms with E-state index >= 15 is 0 Å². The lowest BCUT2D eigenvalue weighted by atomic mass is 9.96. The minimum absolute atomic E-state index is 0.171. The van der Waals surface area contributed by atoms with Gasteiger partial charge in [0.2, 0.25) is 5.91 Å². The Kier molecular flexibility index (Phi) is 6.18. The molecule has 0 saturated carbocycles. The van der Waals surface area contributed by atoms with Crippen LogP contribution in [-0.4, -0.2) is 58.7 Å². The van der Waals surface area contributed by atoms with Crippen molar-refractivity contribution >= 4 is 28.7 Å². The lowest BCUT2D eigenvalue weighted by Crippen LogP contribution is -2.36. The van der Waals surface area contributed by atoms with Crippen molar-refractivity contribution in [2.45, 2.75) is 51.0 Å². The Balaban J connectivity index is 1.20. The number of aromatic nitrogens is 1. The van der Waals surface area contributed by atoms with Crippen molar-refractivity contribution in [2.75, 3.05) is 20.2 Å². The van der Waals surface area contributed by atoms with E-state index in [1.54, 1.807) is 11.9 Å². The van der Waals surface area contributed by atoms with Gasteiger partial charge in [-0.3, -0.25) is 14.5 Å². The number of nitrogens with zero attached hydrogens (tertiary/aromatic N) is 3. The second kappa shape index (κ2) is 9.64. The first kappa shape index (κ1) is 23.7. The van der Waals surface area contributed by atoms with Gasteiger partial charge in [0.25, 0.3) is 5.91 Å². The fourth-order valence-electron chi connectivity index (χ4n) is 5.69. The molecule has 2 unspecified atom stereocenters. The number of hydrogen-bond donors (Lipinski definition) is 1. The van der Waals surface area contributed by atoms with Gasteiger partial charge in [-0.15, -0.1) is 0 Å². The fourth-order valence-corrected chi connectivity index (χ4v) is 5.69. The fraction of sp³-hybridized carbons (Fsp3) is 0.393. The smallest absolute Gasteiger partial charge is 0.327 e. The van der Waals surface area contributed by atoms with Crippen molar-refractivity contribution in [1.82, 2.24) is 19.8 Å². The lowest BCUT2D eigenvalue weighted by molar-refractivity contribution is -0.200. The van der Waals surface area contributed by atoms with Crippen molar-refractivity contribution in [1.29, 1.82) is 0 Å². The van der Waals surface area contributed by atoms with E-state index in [1.165, 1.54) is 4.90 Å². The Morgan fingerprint density at radius 1 is 1.08 bits per heavy atom. The van der Waals surface area contributed by atoms with E-state index in [4.69, 9.17) is 9.57 Å². The van der Waals surface area contributed by atoms with Crippen LogP contribution in [0.15, 0.2) is 48.5 Å². The molecule has 0 spiro atoms. The predicted molar refractivity (Wildman–Crippen MR) is 135 cm³/mol. The van der Waals surface area contributed by atoms with Gasteiger partial charge >= 0.3 is 6.03 Å². The van der Waals surface area contributed by atoms with Crippen LogP contribution in [-0.2, 0) is 38.5 Å². The van der Waals surface area contributed by atoms with Crippen LogP contribution in [0.25, 0.3) is 10.9 Å². The first-order valence-electron chi connectivity index (χ1n) is 12.8. The van der Waals surface area contributed by atoms with Crippen molar-refractivity contribution in [3.63, 3.8) is 0 Å². The minimum Gasteiger partial charge on any atom is -0.350 e. The number of nitrogens with one attached hydrogen (secondary N) is 1. The monoisotopic (exact) mass is 502 g/mol. The summed E-state index contributed by atoms with van der Waals surface area (Å²) in [6.45, 7) is 1.81. The summed E-state index contributed by atoms with van der Waals surface area (Å²) in [6.07, 6.45) is 3.38. The zero-order valence-corrected chi connectivity index (χ0v) is 20.8. The summed E-state index contributed by atoms with van der Waals surface area (Å²) >= 11 is 0. The molecular formula is C28H30N4O5. The minimum atomic E-state index is -0.561. The maximum Gasteiger partial charge on any atom is 0.327 e. The van der Waals surface area contributed by atoms with Crippen LogP contribution in [0.1, 0.15) is 47.7 Å². The predicted octanol–water partition coefficient (Wildman–Crippen LogP) is 3.30. The standard InChI is InChI=1S/C28H30N4O5/c1-30-27(34)26-25-20-6-2-3-7-21(20)32(22(25)13-14-31(26)28(30)35)17-19-11-9-18(10-12-19)16-23(33)29-37-24-8-4-5-15-36-24/h2-3,6-7,9-12,24,26H,4-5,8,13-17H2,1H3,(H,29,33). The van der Waals surface area contributed by atoms with Crippen LogP contribution < -0.4 is 5.48 Å². The molecule has 1 N–H and O–H groups in total. The van der Waals surface area contributed by atoms with Gasteiger partial charge < -0.3 is 14.2 Å². The second-order valence-corrected chi connectivity index (χ2v) is 9.92. The Morgan fingerprint density at radius 3 is 2.65 bits per heavy atom. The number of hydroxylamine groups is 1. The van der Waals surface area contributed by atoms with Crippen molar-refractivity contribution in [2.24, 2.45) is 0 Å². The molecule has 2 atom stereocenters. The van der Waals surface area contributed by atoms with Gasteiger partial charge in [-0.1, -0.05) is 42.5 Å². The quantitative estimate of drug-likeness (QED) is 0.413. The number of fused-ring (bicyclic) bond motifs is 5. The SMILES string of the molecule is CN1C(=O)C2c3c(n(Cc4ccc(CC(=O)NOC5CCCCO5)cc4)c4ccccc34)CCN2C1=O. The summed E-state index contributed by atoms with van der Waals surface area (Å²) in [5, 5.41) is 1.01. The number of hydrogen-bond acceptors (Lipinski definition) is 5. The molecule has 192 valence electrons. The van der Waals surface area contributed by atoms with Gasteiger partial charge in [-0.05, 0) is 30.0 Å². The molecule has 0 bridgehead atoms. The third-order valence-electron chi connectivity index (χ3n) is 7.56. The number of carbonyl (C=O) groups excluding carboxylic acids is 3. The molecular weight excluding hydrogens is 472 g/mol. The molecule has 3 aromatic rings. The maximum atomic E-state index is 13.0. The summed E-state index contributed by atoms with van der Waals surface area (Å²) in [7, 11) is 1.56. The summed E-state index contributed by atoms with van der Waals surface area (Å²) in [4.78, 5) is 46.2. The van der Waals surface area contributed by atoms with Crippen LogP contribution >= 0.6 is 0 Å². The number of imide groups is 1. The maximum absolute atomic E-state index is 13.0. The van der Waals surface area contributed by atoms with Crippen molar-refractivity contribution in [3.8, 4) is 0 Å². The number of urea groups is 1. The number of likely N-dealkylation sites (N-methyl/N-ethyl adjacent to an activating group) is 1. The van der Waals surface area contributed by atoms with Gasteiger partial charge in [0.15, 0.2) is 6.29 Å². The Hall–Kier alpha value is -3.69. The molecule has 3 aliphatic rings. The number of amides is 4. The van der Waals surface area contributed by atoms with E-state index in [1.807, 2.05) is 42.5 Å². The zero-order chi connectivity index (χ0) is 25.5. The van der Waals surface area contributed by atoms with Crippen LogP contribution in [0.2, 0.25) is 0 Å². The van der Waals surface area contributed by atoms with Gasteiger partial charge in [0.05, 0.1) is 6.42 Å². The zero-order valence-electron chi connectivity index (χ0n) is 20.8. The molecule has 0 aliphatic carbocycles. The lowest BCUT2D eigenvalue weighted by Gasteiger charge is -2.28. The topological polar surface area (TPSA) is 93.1 Å². The Labute approximate surface area is 214 Å². The van der Waals surface area contributed by atoms with E-state index in [9.17, 15) is 14.4 Å². The van der Waals surface area contributed by atoms with Crippen LogP contribution in [0.3, 0.4) is 0 Å². The van der Waals surface area contributed by atoms with Crippen molar-refractivity contribution < 1.29 is 24.0 Å². The molecule has 2 fully saturated rings. The van der Waals surface area contributed by atoms with Gasteiger partial charge in [-0.2, -0.15) is 0 Å². The van der Waals surface area contributed by atoms with Crippen LogP contribution in [0.4, 0.5) is 4.79 Å². The molecule has 4 heterocycles. The number of benzene rings is 2. The molecule has 37 heavy (non-hydrogen) atoms.